The van der Waals surface area contributed by atoms with Crippen molar-refractivity contribution in [3.63, 3.8) is 0 Å². The molecule has 1 atom stereocenters. The summed E-state index contributed by atoms with van der Waals surface area (Å²) >= 11 is 0. The van der Waals surface area contributed by atoms with Crippen LogP contribution in [0, 0.1) is 12.7 Å². The Balaban J connectivity index is 2.10. The lowest BCUT2D eigenvalue weighted by Gasteiger charge is -2.24. The second-order valence-corrected chi connectivity index (χ2v) is 6.07. The standard InChI is InChI=1S/C18H21FN4O2/c1-12-7-8-15(25-12)17-20-18(23(21-17)9-10-24)16(22(2)3)13-5-4-6-14(19)11-13/h4-8,11,16,24H,9-10H2,1-3H3/t16-/m1/s1. The van der Waals surface area contributed by atoms with E-state index in [-0.39, 0.29) is 18.5 Å². The summed E-state index contributed by atoms with van der Waals surface area (Å²) in [4.78, 5) is 6.56. The number of benzene rings is 1. The highest BCUT2D eigenvalue weighted by Crippen LogP contribution is 2.28. The van der Waals surface area contributed by atoms with Crippen LogP contribution in [0.3, 0.4) is 0 Å². The molecule has 0 radical (unpaired) electrons. The van der Waals surface area contributed by atoms with E-state index in [1.165, 1.54) is 12.1 Å². The van der Waals surface area contributed by atoms with Gasteiger partial charge in [0.05, 0.1) is 19.2 Å². The fourth-order valence-corrected chi connectivity index (χ4v) is 2.83. The van der Waals surface area contributed by atoms with Crippen molar-refractivity contribution < 1.29 is 13.9 Å². The molecular weight excluding hydrogens is 323 g/mol. The smallest absolute Gasteiger partial charge is 0.217 e. The molecule has 0 aliphatic rings. The first-order valence-corrected chi connectivity index (χ1v) is 8.04. The van der Waals surface area contributed by atoms with Gasteiger partial charge in [0, 0.05) is 0 Å². The molecule has 6 nitrogen and oxygen atoms in total. The zero-order valence-corrected chi connectivity index (χ0v) is 14.5. The van der Waals surface area contributed by atoms with Gasteiger partial charge in [-0.05, 0) is 50.8 Å². The fraction of sp³-hybridized carbons (Fsp3) is 0.333. The number of aryl methyl sites for hydroxylation is 1. The van der Waals surface area contributed by atoms with Crippen LogP contribution in [0.4, 0.5) is 4.39 Å². The summed E-state index contributed by atoms with van der Waals surface area (Å²) in [7, 11) is 3.79. The van der Waals surface area contributed by atoms with E-state index in [9.17, 15) is 9.50 Å². The molecule has 3 aromatic rings. The van der Waals surface area contributed by atoms with Crippen LogP contribution < -0.4 is 0 Å². The molecule has 132 valence electrons. The SMILES string of the molecule is Cc1ccc(-c2nc([C@@H](c3cccc(F)c3)N(C)C)n(CCO)n2)o1. The molecule has 2 heterocycles. The maximum absolute atomic E-state index is 13.7. The van der Waals surface area contributed by atoms with E-state index in [2.05, 4.69) is 10.1 Å². The molecule has 0 saturated carbocycles. The molecule has 0 amide bonds. The molecule has 0 fully saturated rings. The second kappa shape index (κ2) is 7.16. The molecule has 1 N–H and O–H groups in total. The van der Waals surface area contributed by atoms with Crippen LogP contribution in [0.25, 0.3) is 11.6 Å². The van der Waals surface area contributed by atoms with Crippen molar-refractivity contribution in [3.05, 3.63) is 59.4 Å². The number of hydrogen-bond acceptors (Lipinski definition) is 5. The van der Waals surface area contributed by atoms with E-state index in [1.54, 1.807) is 10.7 Å². The summed E-state index contributed by atoms with van der Waals surface area (Å²) in [6, 6.07) is 9.76. The van der Waals surface area contributed by atoms with Gasteiger partial charge in [0.25, 0.3) is 0 Å². The van der Waals surface area contributed by atoms with Gasteiger partial charge in [-0.1, -0.05) is 12.1 Å². The molecule has 3 rings (SSSR count). The monoisotopic (exact) mass is 344 g/mol. The molecule has 0 aliphatic heterocycles. The Labute approximate surface area is 145 Å². The number of aliphatic hydroxyl groups excluding tert-OH is 1. The minimum absolute atomic E-state index is 0.0731. The van der Waals surface area contributed by atoms with Crippen molar-refractivity contribution in [2.24, 2.45) is 0 Å². The normalized spacial score (nSPS) is 12.7. The minimum Gasteiger partial charge on any atom is -0.458 e. The van der Waals surface area contributed by atoms with Gasteiger partial charge in [-0.25, -0.2) is 14.1 Å². The van der Waals surface area contributed by atoms with Gasteiger partial charge < -0.3 is 9.52 Å². The number of furan rings is 1. The third-order valence-corrected chi connectivity index (χ3v) is 3.90. The predicted octanol–water partition coefficient (Wildman–Crippen LogP) is 2.63. The molecule has 25 heavy (non-hydrogen) atoms. The molecule has 0 bridgehead atoms. The summed E-state index contributed by atoms with van der Waals surface area (Å²) in [5.74, 6) is 2.09. The first kappa shape index (κ1) is 17.3. The molecular formula is C18H21FN4O2. The van der Waals surface area contributed by atoms with E-state index < -0.39 is 0 Å². The Morgan fingerprint density at radius 2 is 2.08 bits per heavy atom. The number of hydrogen-bond donors (Lipinski definition) is 1. The maximum Gasteiger partial charge on any atom is 0.217 e. The Hall–Kier alpha value is -2.51. The third-order valence-electron chi connectivity index (χ3n) is 3.90. The van der Waals surface area contributed by atoms with Crippen molar-refractivity contribution in [3.8, 4) is 11.6 Å². The van der Waals surface area contributed by atoms with Gasteiger partial charge in [-0.15, -0.1) is 5.10 Å². The van der Waals surface area contributed by atoms with E-state index in [1.807, 2.05) is 44.1 Å². The van der Waals surface area contributed by atoms with Gasteiger partial charge in [-0.3, -0.25) is 4.90 Å². The molecule has 0 spiro atoms. The third kappa shape index (κ3) is 3.62. The predicted molar refractivity (Wildman–Crippen MR) is 91.5 cm³/mol. The first-order chi connectivity index (χ1) is 12.0. The Bertz CT molecular complexity index is 856. The van der Waals surface area contributed by atoms with E-state index in [0.29, 0.717) is 24.0 Å². The summed E-state index contributed by atoms with van der Waals surface area (Å²) < 4.78 is 21.0. The average Bonchev–Trinajstić information content (AvgIpc) is 3.15. The van der Waals surface area contributed by atoms with E-state index in [0.717, 1.165) is 11.3 Å². The van der Waals surface area contributed by atoms with Crippen molar-refractivity contribution in [2.45, 2.75) is 19.5 Å². The molecule has 0 aliphatic carbocycles. The molecule has 0 saturated heterocycles. The Morgan fingerprint density at radius 1 is 1.28 bits per heavy atom. The average molecular weight is 344 g/mol. The van der Waals surface area contributed by atoms with Crippen LogP contribution in [0.15, 0.2) is 40.8 Å². The van der Waals surface area contributed by atoms with Gasteiger partial charge in [-0.2, -0.15) is 0 Å². The fourth-order valence-electron chi connectivity index (χ4n) is 2.83. The molecule has 1 aromatic carbocycles. The highest BCUT2D eigenvalue weighted by atomic mass is 19.1. The van der Waals surface area contributed by atoms with Crippen LogP contribution in [0.5, 0.6) is 0 Å². The number of halogens is 1. The largest absolute Gasteiger partial charge is 0.458 e. The van der Waals surface area contributed by atoms with Gasteiger partial charge in [0.2, 0.25) is 5.82 Å². The van der Waals surface area contributed by atoms with Crippen LogP contribution in [-0.4, -0.2) is 45.5 Å². The number of nitrogens with zero attached hydrogens (tertiary/aromatic N) is 4. The number of rotatable bonds is 6. The minimum atomic E-state index is -0.306. The Morgan fingerprint density at radius 3 is 2.68 bits per heavy atom. The quantitative estimate of drug-likeness (QED) is 0.744. The van der Waals surface area contributed by atoms with Crippen LogP contribution in [0.2, 0.25) is 0 Å². The van der Waals surface area contributed by atoms with E-state index >= 15 is 0 Å². The van der Waals surface area contributed by atoms with Crippen molar-refractivity contribution in [1.82, 2.24) is 19.7 Å². The van der Waals surface area contributed by atoms with Crippen LogP contribution >= 0.6 is 0 Å². The van der Waals surface area contributed by atoms with Crippen molar-refractivity contribution >= 4 is 0 Å². The Kier molecular flexibility index (Phi) is 4.96. The topological polar surface area (TPSA) is 67.3 Å². The van der Waals surface area contributed by atoms with Gasteiger partial charge in [0.1, 0.15) is 17.4 Å². The molecule has 0 unspecified atom stereocenters. The lowest BCUT2D eigenvalue weighted by Crippen LogP contribution is -2.25. The number of aromatic nitrogens is 3. The highest BCUT2D eigenvalue weighted by molar-refractivity contribution is 5.47. The first-order valence-electron chi connectivity index (χ1n) is 8.04. The lowest BCUT2D eigenvalue weighted by atomic mass is 10.1. The summed E-state index contributed by atoms with van der Waals surface area (Å²) in [5.41, 5.74) is 0.763. The van der Waals surface area contributed by atoms with Crippen molar-refractivity contribution in [2.75, 3.05) is 20.7 Å². The highest BCUT2D eigenvalue weighted by Gasteiger charge is 2.25. The summed E-state index contributed by atoms with van der Waals surface area (Å²) in [6.45, 7) is 2.07. The van der Waals surface area contributed by atoms with Gasteiger partial charge >= 0.3 is 0 Å². The van der Waals surface area contributed by atoms with Crippen molar-refractivity contribution in [1.29, 1.82) is 0 Å². The zero-order valence-electron chi connectivity index (χ0n) is 14.5. The van der Waals surface area contributed by atoms with E-state index in [4.69, 9.17) is 4.42 Å². The summed E-state index contributed by atoms with van der Waals surface area (Å²) in [6.07, 6.45) is 0. The van der Waals surface area contributed by atoms with Gasteiger partial charge in [0.15, 0.2) is 5.76 Å². The maximum atomic E-state index is 13.7. The molecule has 2 aromatic heterocycles. The summed E-state index contributed by atoms with van der Waals surface area (Å²) in [5, 5.41) is 13.8. The lowest BCUT2D eigenvalue weighted by molar-refractivity contribution is 0.256. The molecule has 7 heteroatoms. The van der Waals surface area contributed by atoms with Crippen LogP contribution in [0.1, 0.15) is 23.2 Å². The zero-order chi connectivity index (χ0) is 18.0. The second-order valence-electron chi connectivity index (χ2n) is 6.07. The van der Waals surface area contributed by atoms with Crippen LogP contribution in [-0.2, 0) is 6.54 Å². The number of aliphatic hydroxyl groups is 1.